The fourth-order valence-electron chi connectivity index (χ4n) is 4.09. The lowest BCUT2D eigenvalue weighted by Crippen LogP contribution is -2.56. The summed E-state index contributed by atoms with van der Waals surface area (Å²) >= 11 is 0. The van der Waals surface area contributed by atoms with Crippen LogP contribution in [0, 0.1) is 17.6 Å². The molecule has 1 aliphatic heterocycles. The van der Waals surface area contributed by atoms with E-state index in [0.717, 1.165) is 38.4 Å². The molecule has 1 fully saturated rings. The molecule has 0 saturated carbocycles. The van der Waals surface area contributed by atoms with E-state index in [4.69, 9.17) is 9.88 Å². The van der Waals surface area contributed by atoms with Gasteiger partial charge in [0.15, 0.2) is 16.6 Å². The monoisotopic (exact) mass is 508 g/mol. The molecule has 8 nitrogen and oxygen atoms in total. The van der Waals surface area contributed by atoms with E-state index in [1.165, 1.54) is 13.0 Å². The molecule has 34 heavy (non-hydrogen) atoms. The molecule has 1 saturated heterocycles. The quantitative estimate of drug-likeness (QED) is 0.534. The first-order valence-electron chi connectivity index (χ1n) is 9.78. The Labute approximate surface area is 191 Å². The Hall–Kier alpha value is -2.84. The van der Waals surface area contributed by atoms with Crippen LogP contribution >= 0.6 is 0 Å². The predicted molar refractivity (Wildman–Crippen MR) is 110 cm³/mol. The van der Waals surface area contributed by atoms with Crippen molar-refractivity contribution in [2.24, 2.45) is 11.1 Å². The summed E-state index contributed by atoms with van der Waals surface area (Å²) < 4.78 is 98.1. The second kappa shape index (κ2) is 8.74. The number of nitrogens with two attached hydrogens (primary N) is 1. The van der Waals surface area contributed by atoms with Gasteiger partial charge in [0.05, 0.1) is 13.2 Å². The van der Waals surface area contributed by atoms with Gasteiger partial charge in [-0.15, -0.1) is 0 Å². The third kappa shape index (κ3) is 4.44. The number of aromatic nitrogens is 1. The summed E-state index contributed by atoms with van der Waals surface area (Å²) in [5.74, 6) is -6.92. The summed E-state index contributed by atoms with van der Waals surface area (Å²) in [6.07, 6.45) is -3.78. The van der Waals surface area contributed by atoms with Crippen molar-refractivity contribution in [3.05, 3.63) is 47.7 Å². The van der Waals surface area contributed by atoms with Gasteiger partial charge in [-0.2, -0.15) is 17.6 Å². The molecule has 2 aromatic rings. The number of hydrogen-bond donors (Lipinski definition) is 3. The number of nitrogens with one attached hydrogen (secondary N) is 2. The normalized spacial score (nSPS) is 25.3. The van der Waals surface area contributed by atoms with E-state index in [0.29, 0.717) is 0 Å². The van der Waals surface area contributed by atoms with Crippen LogP contribution in [0.1, 0.15) is 25.3 Å². The number of carbonyl (C=O) groups excluding carboxylic acids is 1. The van der Waals surface area contributed by atoms with Gasteiger partial charge in [-0.3, -0.25) is 10.1 Å². The molecule has 3 rings (SSSR count). The molecule has 4 atom stereocenters. The molecule has 1 aromatic carbocycles. The summed E-state index contributed by atoms with van der Waals surface area (Å²) in [5, 5.41) is 9.06. The van der Waals surface area contributed by atoms with E-state index in [1.54, 1.807) is 0 Å². The molecule has 1 aromatic heterocycles. The minimum absolute atomic E-state index is 0.102. The number of carbonyl (C=O) groups is 1. The molecule has 0 spiro atoms. The second-order valence-electron chi connectivity index (χ2n) is 8.04. The number of sulfonamides is 1. The van der Waals surface area contributed by atoms with Gasteiger partial charge in [-0.1, -0.05) is 13.0 Å². The van der Waals surface area contributed by atoms with Crippen LogP contribution in [0.5, 0.6) is 5.75 Å². The van der Waals surface area contributed by atoms with E-state index in [-0.39, 0.29) is 11.3 Å². The van der Waals surface area contributed by atoms with E-state index in [9.17, 15) is 35.2 Å². The van der Waals surface area contributed by atoms with Crippen LogP contribution in [0.4, 0.5) is 27.6 Å². The highest BCUT2D eigenvalue weighted by molar-refractivity contribution is 7.89. The minimum atomic E-state index is -4.82. The van der Waals surface area contributed by atoms with Gasteiger partial charge in [-0.05, 0) is 25.0 Å². The summed E-state index contributed by atoms with van der Waals surface area (Å²) in [7, 11) is -3.19. The van der Waals surface area contributed by atoms with Gasteiger partial charge in [-0.25, -0.2) is 22.9 Å². The highest BCUT2D eigenvalue weighted by Gasteiger charge is 2.64. The Morgan fingerprint density at radius 3 is 2.47 bits per heavy atom. The van der Waals surface area contributed by atoms with E-state index >= 15 is 0 Å². The average Bonchev–Trinajstić information content (AvgIpc) is 3.01. The maximum absolute atomic E-state index is 14.4. The SMILES string of the molecule is COc1c([C@H]2[C@H](C(=O)Nc3ccnc(S(N)(=O)=O)c3)N[C@@](C)(C(F)(F)F)[C@H]2C)ccc(F)c1F. The molecule has 0 radical (unpaired) electrons. The Morgan fingerprint density at radius 2 is 1.91 bits per heavy atom. The standard InChI is InChI=1S/C20H21F5N4O4S/c1-9-14(11-4-5-12(21)15(22)17(11)33-3)16(29-19(9,2)20(23,24)25)18(30)28-10-6-7-27-13(8-10)34(26,31)32/h4-9,14,16,29H,1-3H3,(H2,26,31,32)(H,27,28,30)/t9-,14-,16+,19+/m0/s1. The van der Waals surface area contributed by atoms with E-state index < -0.39 is 67.9 Å². The second-order valence-corrected chi connectivity index (χ2v) is 9.55. The molecule has 186 valence electrons. The number of methoxy groups -OCH3 is 1. The van der Waals surface area contributed by atoms with Crippen LogP contribution in [0.2, 0.25) is 0 Å². The van der Waals surface area contributed by atoms with Crippen molar-refractivity contribution in [3.8, 4) is 5.75 Å². The van der Waals surface area contributed by atoms with Crippen molar-refractivity contribution in [1.82, 2.24) is 10.3 Å². The van der Waals surface area contributed by atoms with Gasteiger partial charge >= 0.3 is 6.18 Å². The van der Waals surface area contributed by atoms with Crippen molar-refractivity contribution in [3.63, 3.8) is 0 Å². The van der Waals surface area contributed by atoms with Gasteiger partial charge in [0.1, 0.15) is 5.54 Å². The van der Waals surface area contributed by atoms with Gasteiger partial charge in [0.2, 0.25) is 11.7 Å². The molecule has 1 amide bonds. The predicted octanol–water partition coefficient (Wildman–Crippen LogP) is 2.67. The van der Waals surface area contributed by atoms with Crippen molar-refractivity contribution in [2.75, 3.05) is 12.4 Å². The molecular weight excluding hydrogens is 487 g/mol. The van der Waals surface area contributed by atoms with Crippen LogP contribution < -0.4 is 20.5 Å². The van der Waals surface area contributed by atoms with Crippen molar-refractivity contribution < 1.29 is 39.9 Å². The Balaban J connectivity index is 2.08. The Morgan fingerprint density at radius 1 is 1.26 bits per heavy atom. The molecular formula is C20H21F5N4O4S. The average molecular weight is 508 g/mol. The molecule has 2 heterocycles. The molecule has 0 bridgehead atoms. The smallest absolute Gasteiger partial charge is 0.406 e. The fourth-order valence-corrected chi connectivity index (χ4v) is 4.59. The number of amides is 1. The van der Waals surface area contributed by atoms with Crippen LogP contribution in [0.15, 0.2) is 35.5 Å². The fraction of sp³-hybridized carbons (Fsp3) is 0.400. The zero-order valence-electron chi connectivity index (χ0n) is 18.1. The number of nitrogens with zero attached hydrogens (tertiary/aromatic N) is 1. The number of ether oxygens (including phenoxy) is 1. The van der Waals surface area contributed by atoms with Crippen molar-refractivity contribution in [1.29, 1.82) is 0 Å². The zero-order valence-corrected chi connectivity index (χ0v) is 18.9. The van der Waals surface area contributed by atoms with Crippen LogP contribution in [0.25, 0.3) is 0 Å². The number of rotatable bonds is 5. The summed E-state index contributed by atoms with van der Waals surface area (Å²) in [5.41, 5.74) is -2.83. The lowest BCUT2D eigenvalue weighted by molar-refractivity contribution is -0.198. The zero-order chi connectivity index (χ0) is 25.6. The first kappa shape index (κ1) is 25.8. The van der Waals surface area contributed by atoms with Gasteiger partial charge in [0.25, 0.3) is 10.0 Å². The number of pyridine rings is 1. The Bertz CT molecular complexity index is 1220. The first-order chi connectivity index (χ1) is 15.6. The van der Waals surface area contributed by atoms with Crippen molar-refractivity contribution in [2.45, 2.75) is 42.5 Å². The molecule has 14 heteroatoms. The minimum Gasteiger partial charge on any atom is -0.493 e. The molecule has 1 aliphatic rings. The van der Waals surface area contributed by atoms with Crippen molar-refractivity contribution >= 4 is 21.6 Å². The largest absolute Gasteiger partial charge is 0.493 e. The van der Waals surface area contributed by atoms with Gasteiger partial charge < -0.3 is 10.1 Å². The number of halogens is 5. The van der Waals surface area contributed by atoms with E-state index in [2.05, 4.69) is 15.6 Å². The maximum Gasteiger partial charge on any atom is 0.406 e. The highest BCUT2D eigenvalue weighted by Crippen LogP contribution is 2.51. The Kier molecular flexibility index (Phi) is 6.63. The number of hydrogen-bond acceptors (Lipinski definition) is 6. The highest BCUT2D eigenvalue weighted by atomic mass is 32.2. The summed E-state index contributed by atoms with van der Waals surface area (Å²) in [6.45, 7) is 2.08. The van der Waals surface area contributed by atoms with Crippen LogP contribution in [0.3, 0.4) is 0 Å². The first-order valence-corrected chi connectivity index (χ1v) is 11.3. The molecule has 4 N–H and O–H groups in total. The maximum atomic E-state index is 14.4. The third-order valence-electron chi connectivity index (χ3n) is 6.07. The van der Waals surface area contributed by atoms with Crippen LogP contribution in [-0.4, -0.2) is 44.2 Å². The van der Waals surface area contributed by atoms with E-state index in [1.807, 2.05) is 0 Å². The number of primary sulfonamides is 1. The summed E-state index contributed by atoms with van der Waals surface area (Å²) in [6, 6.07) is 2.35. The third-order valence-corrected chi connectivity index (χ3v) is 6.88. The number of alkyl halides is 3. The molecule has 0 unspecified atom stereocenters. The number of anilines is 1. The number of benzene rings is 1. The van der Waals surface area contributed by atoms with Gasteiger partial charge in [0, 0.05) is 29.4 Å². The topological polar surface area (TPSA) is 123 Å². The van der Waals surface area contributed by atoms with Crippen LogP contribution in [-0.2, 0) is 14.8 Å². The summed E-state index contributed by atoms with van der Waals surface area (Å²) in [4.78, 5) is 16.7. The lowest BCUT2D eigenvalue weighted by Gasteiger charge is -2.33. The molecule has 0 aliphatic carbocycles. The lowest BCUT2D eigenvalue weighted by atomic mass is 9.76.